The zero-order valence-corrected chi connectivity index (χ0v) is 19.3. The zero-order chi connectivity index (χ0) is 24.2. The van der Waals surface area contributed by atoms with Crippen LogP contribution < -0.4 is 10.5 Å². The summed E-state index contributed by atoms with van der Waals surface area (Å²) in [6.07, 6.45) is 5.32. The number of carbonyl (C=O) groups is 2. The maximum atomic E-state index is 13.4. The lowest BCUT2D eigenvalue weighted by Gasteiger charge is -2.29. The van der Waals surface area contributed by atoms with Gasteiger partial charge in [-0.3, -0.25) is 9.59 Å². The van der Waals surface area contributed by atoms with Gasteiger partial charge in [0, 0.05) is 29.8 Å². The number of nitrogens with two attached hydrogens (primary N) is 1. The van der Waals surface area contributed by atoms with Gasteiger partial charge in [-0.05, 0) is 73.0 Å². The van der Waals surface area contributed by atoms with E-state index in [0.29, 0.717) is 36.6 Å². The van der Waals surface area contributed by atoms with Gasteiger partial charge in [-0.1, -0.05) is 28.0 Å². The molecular formula is C25H25F2N2O3P. The number of allylic oxidation sites excluding steroid dienone is 1. The highest BCUT2D eigenvalue weighted by atomic mass is 31.0. The number of carbonyl (C=O) groups excluding carboxylic acids is 2. The number of primary amides is 1. The molecule has 8 heteroatoms. The SMILES string of the molecule is C=C(/C=C\C(=C/C)C(=O)N1CCc2ccc(Oc3ccc(C(F)(F)P)cc3)cc2C1)C(N)=O. The molecule has 0 saturated heterocycles. The van der Waals surface area contributed by atoms with Crippen molar-refractivity contribution in [3.05, 3.63) is 95.1 Å². The lowest BCUT2D eigenvalue weighted by atomic mass is 9.98. The first-order valence-corrected chi connectivity index (χ1v) is 10.9. The minimum Gasteiger partial charge on any atom is -0.457 e. The molecule has 2 amide bonds. The normalized spacial score (nSPS) is 14.2. The standard InChI is InChI=1S/C25H25F2N2O3P/c1-3-17(5-4-16(2)23(28)30)24(31)29-13-12-18-6-9-22(14-19(18)15-29)32-21-10-7-20(8-11-21)25(26,27)33/h3-11,14H,2,12-13,15,33H2,1H3,(H2,28,30)/b5-4-,17-3+. The maximum Gasteiger partial charge on any atom is 0.283 e. The number of alkyl halides is 2. The van der Waals surface area contributed by atoms with Crippen LogP contribution in [-0.2, 0) is 28.2 Å². The second-order valence-electron chi connectivity index (χ2n) is 7.62. The van der Waals surface area contributed by atoms with E-state index in [0.717, 1.165) is 11.1 Å². The predicted molar refractivity (Wildman–Crippen MR) is 127 cm³/mol. The first-order valence-electron chi connectivity index (χ1n) is 10.3. The number of ether oxygens (including phenoxy) is 1. The highest BCUT2D eigenvalue weighted by Gasteiger charge is 2.24. The van der Waals surface area contributed by atoms with Gasteiger partial charge in [0.15, 0.2) is 0 Å². The summed E-state index contributed by atoms with van der Waals surface area (Å²) in [7, 11) is 1.51. The molecule has 3 rings (SSSR count). The molecule has 2 aromatic rings. The lowest BCUT2D eigenvalue weighted by Crippen LogP contribution is -2.36. The summed E-state index contributed by atoms with van der Waals surface area (Å²) in [4.78, 5) is 25.8. The monoisotopic (exact) mass is 470 g/mol. The van der Waals surface area contributed by atoms with Gasteiger partial charge < -0.3 is 15.4 Å². The summed E-state index contributed by atoms with van der Waals surface area (Å²) in [5, 5.41) is 0. The minimum atomic E-state index is -2.99. The number of hydrogen-bond donors (Lipinski definition) is 1. The smallest absolute Gasteiger partial charge is 0.283 e. The Kier molecular flexibility index (Phi) is 7.44. The van der Waals surface area contributed by atoms with E-state index in [-0.39, 0.29) is 17.0 Å². The highest BCUT2D eigenvalue weighted by Crippen LogP contribution is 2.36. The molecule has 1 aliphatic rings. The Labute approximate surface area is 193 Å². The fraction of sp³-hybridized carbons (Fsp3) is 0.200. The van der Waals surface area contributed by atoms with Gasteiger partial charge in [-0.15, -0.1) is 0 Å². The number of fused-ring (bicyclic) bond motifs is 1. The number of amides is 2. The van der Waals surface area contributed by atoms with E-state index in [2.05, 4.69) is 6.58 Å². The molecule has 1 unspecified atom stereocenters. The van der Waals surface area contributed by atoms with Crippen LogP contribution in [0.4, 0.5) is 8.78 Å². The summed E-state index contributed by atoms with van der Waals surface area (Å²) < 4.78 is 32.6. The first-order chi connectivity index (χ1) is 15.6. The molecule has 0 fully saturated rings. The Morgan fingerprint density at radius 1 is 1.12 bits per heavy atom. The van der Waals surface area contributed by atoms with Crippen molar-refractivity contribution >= 4 is 21.1 Å². The van der Waals surface area contributed by atoms with Crippen molar-refractivity contribution in [3.8, 4) is 11.5 Å². The van der Waals surface area contributed by atoms with Crippen LogP contribution in [0.1, 0.15) is 23.6 Å². The molecule has 2 aromatic carbocycles. The molecule has 33 heavy (non-hydrogen) atoms. The quantitative estimate of drug-likeness (QED) is 0.358. The van der Waals surface area contributed by atoms with Crippen molar-refractivity contribution in [2.24, 2.45) is 5.73 Å². The van der Waals surface area contributed by atoms with Gasteiger partial charge in [0.05, 0.1) is 0 Å². The number of benzene rings is 2. The van der Waals surface area contributed by atoms with Crippen LogP contribution in [0, 0.1) is 0 Å². The van der Waals surface area contributed by atoms with Crippen LogP contribution in [0.3, 0.4) is 0 Å². The average molecular weight is 470 g/mol. The van der Waals surface area contributed by atoms with Gasteiger partial charge in [0.1, 0.15) is 11.5 Å². The van der Waals surface area contributed by atoms with Crippen molar-refractivity contribution in [1.82, 2.24) is 4.90 Å². The van der Waals surface area contributed by atoms with E-state index < -0.39 is 11.6 Å². The third kappa shape index (κ3) is 6.14. The second-order valence-corrected chi connectivity index (χ2v) is 8.35. The van der Waals surface area contributed by atoms with Crippen LogP contribution in [-0.4, -0.2) is 23.3 Å². The van der Waals surface area contributed by atoms with Gasteiger partial charge >= 0.3 is 0 Å². The number of hydrogen-bond acceptors (Lipinski definition) is 3. The molecule has 5 nitrogen and oxygen atoms in total. The summed E-state index contributed by atoms with van der Waals surface area (Å²) in [5.41, 5.74) is 4.67. The third-order valence-corrected chi connectivity index (χ3v) is 5.62. The van der Waals surface area contributed by atoms with E-state index in [1.807, 2.05) is 18.2 Å². The molecule has 0 aromatic heterocycles. The molecule has 0 saturated carbocycles. The molecular weight excluding hydrogens is 445 g/mol. The van der Waals surface area contributed by atoms with Crippen LogP contribution >= 0.6 is 9.24 Å². The minimum absolute atomic E-state index is 0.113. The van der Waals surface area contributed by atoms with Gasteiger partial charge in [-0.2, -0.15) is 8.78 Å². The molecule has 0 radical (unpaired) electrons. The molecule has 1 heterocycles. The van der Waals surface area contributed by atoms with E-state index in [4.69, 9.17) is 10.5 Å². The first kappa shape index (κ1) is 24.3. The van der Waals surface area contributed by atoms with E-state index in [1.165, 1.54) is 45.7 Å². The average Bonchev–Trinajstić information content (AvgIpc) is 2.78. The lowest BCUT2D eigenvalue weighted by molar-refractivity contribution is -0.127. The summed E-state index contributed by atoms with van der Waals surface area (Å²) in [6.45, 7) is 6.25. The van der Waals surface area contributed by atoms with Crippen molar-refractivity contribution in [1.29, 1.82) is 0 Å². The van der Waals surface area contributed by atoms with Crippen molar-refractivity contribution in [2.45, 2.75) is 25.6 Å². The van der Waals surface area contributed by atoms with Gasteiger partial charge in [0.25, 0.3) is 11.6 Å². The fourth-order valence-electron chi connectivity index (χ4n) is 3.40. The summed E-state index contributed by atoms with van der Waals surface area (Å²) in [5.74, 6) is 0.174. The van der Waals surface area contributed by atoms with Crippen LogP contribution in [0.5, 0.6) is 11.5 Å². The zero-order valence-electron chi connectivity index (χ0n) is 18.2. The Bertz CT molecular complexity index is 1140. The second kappa shape index (κ2) is 10.1. The molecule has 0 spiro atoms. The van der Waals surface area contributed by atoms with Crippen molar-refractivity contribution < 1.29 is 23.1 Å². The van der Waals surface area contributed by atoms with Gasteiger partial charge in [-0.25, -0.2) is 0 Å². The van der Waals surface area contributed by atoms with Gasteiger partial charge in [0.2, 0.25) is 5.91 Å². The fourth-order valence-corrected chi connectivity index (χ4v) is 3.59. The van der Waals surface area contributed by atoms with Crippen molar-refractivity contribution in [3.63, 3.8) is 0 Å². The predicted octanol–water partition coefficient (Wildman–Crippen LogP) is 4.83. The number of halogens is 2. The Morgan fingerprint density at radius 2 is 1.79 bits per heavy atom. The summed E-state index contributed by atoms with van der Waals surface area (Å²) >= 11 is 0. The number of rotatable bonds is 7. The molecule has 1 atom stereocenters. The van der Waals surface area contributed by atoms with Crippen LogP contribution in [0.15, 0.2) is 78.4 Å². The number of nitrogens with zero attached hydrogens (tertiary/aromatic N) is 1. The maximum absolute atomic E-state index is 13.4. The molecule has 0 bridgehead atoms. The van der Waals surface area contributed by atoms with E-state index in [9.17, 15) is 18.4 Å². The van der Waals surface area contributed by atoms with Crippen LogP contribution in [0.25, 0.3) is 0 Å². The Morgan fingerprint density at radius 3 is 2.39 bits per heavy atom. The van der Waals surface area contributed by atoms with Crippen LogP contribution in [0.2, 0.25) is 0 Å². The Balaban J connectivity index is 1.72. The molecule has 2 N–H and O–H groups in total. The summed E-state index contributed by atoms with van der Waals surface area (Å²) in [6, 6.07) is 11.3. The van der Waals surface area contributed by atoms with Crippen molar-refractivity contribution in [2.75, 3.05) is 6.54 Å². The molecule has 1 aliphatic heterocycles. The third-order valence-electron chi connectivity index (χ3n) is 5.29. The topological polar surface area (TPSA) is 72.6 Å². The molecule has 0 aliphatic carbocycles. The largest absolute Gasteiger partial charge is 0.457 e. The Hall–Kier alpha value is -3.31. The van der Waals surface area contributed by atoms with E-state index >= 15 is 0 Å². The molecule has 172 valence electrons. The highest BCUT2D eigenvalue weighted by molar-refractivity contribution is 7.17. The van der Waals surface area contributed by atoms with E-state index in [1.54, 1.807) is 17.9 Å².